The van der Waals surface area contributed by atoms with Crippen LogP contribution in [0.3, 0.4) is 0 Å². The van der Waals surface area contributed by atoms with Crippen LogP contribution in [0.4, 0.5) is 0 Å². The number of nitrogens with one attached hydrogen (secondary N) is 1. The Morgan fingerprint density at radius 2 is 2.36 bits per heavy atom. The highest BCUT2D eigenvalue weighted by atomic mass is 16.5. The summed E-state index contributed by atoms with van der Waals surface area (Å²) in [4.78, 5) is 0. The summed E-state index contributed by atoms with van der Waals surface area (Å²) in [6, 6.07) is 0.722. The normalized spacial score (nSPS) is 31.1. The van der Waals surface area contributed by atoms with Crippen LogP contribution in [0, 0.1) is 0 Å². The molecule has 1 aliphatic rings. The van der Waals surface area contributed by atoms with E-state index in [-0.39, 0.29) is 0 Å². The van der Waals surface area contributed by atoms with Crippen molar-refractivity contribution in [3.63, 3.8) is 0 Å². The van der Waals surface area contributed by atoms with Crippen molar-refractivity contribution in [2.45, 2.75) is 44.8 Å². The van der Waals surface area contributed by atoms with Gasteiger partial charge in [-0.15, -0.1) is 0 Å². The molecule has 0 amide bonds. The summed E-state index contributed by atoms with van der Waals surface area (Å²) < 4.78 is 5.26. The minimum absolute atomic E-state index is 0.469. The van der Waals surface area contributed by atoms with Gasteiger partial charge in [0, 0.05) is 19.7 Å². The fourth-order valence-corrected chi connectivity index (χ4v) is 1.63. The lowest BCUT2D eigenvalue weighted by molar-refractivity contribution is 0.117. The van der Waals surface area contributed by atoms with E-state index in [0.29, 0.717) is 6.10 Å². The van der Waals surface area contributed by atoms with Gasteiger partial charge in [0.05, 0.1) is 6.10 Å². The molecule has 1 aliphatic heterocycles. The maximum atomic E-state index is 5.26. The van der Waals surface area contributed by atoms with Gasteiger partial charge in [-0.1, -0.05) is 19.8 Å². The molecule has 66 valence electrons. The van der Waals surface area contributed by atoms with E-state index in [1.807, 2.05) is 0 Å². The Balaban J connectivity index is 2.09. The number of hydrogen-bond donors (Lipinski definition) is 1. The molecule has 0 spiro atoms. The number of ether oxygens (including phenoxy) is 1. The predicted molar refractivity (Wildman–Crippen MR) is 46.7 cm³/mol. The third-order valence-corrected chi connectivity index (χ3v) is 2.42. The standard InChI is InChI=1S/C9H19NO/c1-3-4-5-8-6-9(11-2)7-10-8/h8-10H,3-7H2,1-2H3/t8-,9-/m0/s1. The molecular formula is C9H19NO. The Kier molecular flexibility index (Phi) is 3.87. The Labute approximate surface area is 69.3 Å². The lowest BCUT2D eigenvalue weighted by Gasteiger charge is -2.08. The molecule has 1 rings (SSSR count). The van der Waals surface area contributed by atoms with Crippen molar-refractivity contribution in [2.24, 2.45) is 0 Å². The summed E-state index contributed by atoms with van der Waals surface area (Å²) in [6.45, 7) is 3.29. The van der Waals surface area contributed by atoms with E-state index in [0.717, 1.165) is 12.6 Å². The van der Waals surface area contributed by atoms with Crippen molar-refractivity contribution < 1.29 is 4.74 Å². The van der Waals surface area contributed by atoms with Crippen molar-refractivity contribution in [1.29, 1.82) is 0 Å². The topological polar surface area (TPSA) is 21.3 Å². The van der Waals surface area contributed by atoms with Crippen LogP contribution >= 0.6 is 0 Å². The third-order valence-electron chi connectivity index (χ3n) is 2.42. The molecule has 0 bridgehead atoms. The predicted octanol–water partition coefficient (Wildman–Crippen LogP) is 1.55. The quantitative estimate of drug-likeness (QED) is 0.668. The molecule has 11 heavy (non-hydrogen) atoms. The smallest absolute Gasteiger partial charge is 0.0710 e. The molecule has 0 unspecified atom stereocenters. The fourth-order valence-electron chi connectivity index (χ4n) is 1.63. The first-order chi connectivity index (χ1) is 5.36. The molecule has 1 heterocycles. The molecule has 1 fully saturated rings. The van der Waals surface area contributed by atoms with Gasteiger partial charge in [-0.25, -0.2) is 0 Å². The first-order valence-corrected chi connectivity index (χ1v) is 4.63. The lowest BCUT2D eigenvalue weighted by Crippen LogP contribution is -2.21. The van der Waals surface area contributed by atoms with Crippen LogP contribution in [0.25, 0.3) is 0 Å². The average Bonchev–Trinajstić information content (AvgIpc) is 2.48. The van der Waals surface area contributed by atoms with Crippen LogP contribution in [0.15, 0.2) is 0 Å². The maximum Gasteiger partial charge on any atom is 0.0710 e. The molecule has 2 heteroatoms. The largest absolute Gasteiger partial charge is 0.380 e. The van der Waals surface area contributed by atoms with Crippen LogP contribution in [0.1, 0.15) is 32.6 Å². The first kappa shape index (κ1) is 9.01. The van der Waals surface area contributed by atoms with Gasteiger partial charge >= 0.3 is 0 Å². The van der Waals surface area contributed by atoms with Crippen molar-refractivity contribution in [2.75, 3.05) is 13.7 Å². The van der Waals surface area contributed by atoms with Crippen molar-refractivity contribution in [1.82, 2.24) is 5.32 Å². The van der Waals surface area contributed by atoms with E-state index in [1.54, 1.807) is 7.11 Å². The maximum absolute atomic E-state index is 5.26. The minimum atomic E-state index is 0.469. The molecule has 0 aromatic heterocycles. The van der Waals surface area contributed by atoms with Gasteiger partial charge in [-0.2, -0.15) is 0 Å². The molecule has 0 aliphatic carbocycles. The van der Waals surface area contributed by atoms with E-state index < -0.39 is 0 Å². The van der Waals surface area contributed by atoms with Gasteiger partial charge in [0.1, 0.15) is 0 Å². The summed E-state index contributed by atoms with van der Waals surface area (Å²) in [5.41, 5.74) is 0. The molecular weight excluding hydrogens is 138 g/mol. The van der Waals surface area contributed by atoms with Gasteiger partial charge in [-0.3, -0.25) is 0 Å². The second kappa shape index (κ2) is 4.73. The molecule has 1 saturated heterocycles. The number of unbranched alkanes of at least 4 members (excludes halogenated alkanes) is 1. The van der Waals surface area contributed by atoms with E-state index in [4.69, 9.17) is 4.74 Å². The molecule has 0 saturated carbocycles. The van der Waals surface area contributed by atoms with Crippen molar-refractivity contribution in [3.05, 3.63) is 0 Å². The van der Waals surface area contributed by atoms with Crippen molar-refractivity contribution >= 4 is 0 Å². The molecule has 0 radical (unpaired) electrons. The third kappa shape index (κ3) is 2.80. The second-order valence-electron chi connectivity index (χ2n) is 3.34. The molecule has 0 aromatic carbocycles. The monoisotopic (exact) mass is 157 g/mol. The van der Waals surface area contributed by atoms with Crippen LogP contribution in [-0.4, -0.2) is 25.8 Å². The summed E-state index contributed by atoms with van der Waals surface area (Å²) in [5, 5.41) is 3.47. The SMILES string of the molecule is CCCC[C@H]1C[C@H](OC)CN1. The van der Waals surface area contributed by atoms with Crippen molar-refractivity contribution in [3.8, 4) is 0 Å². The Bertz CT molecular complexity index is 106. The number of hydrogen-bond acceptors (Lipinski definition) is 2. The van der Waals surface area contributed by atoms with E-state index in [2.05, 4.69) is 12.2 Å². The summed E-state index contributed by atoms with van der Waals surface area (Å²) in [7, 11) is 1.80. The zero-order valence-corrected chi connectivity index (χ0v) is 7.60. The van der Waals surface area contributed by atoms with E-state index >= 15 is 0 Å². The van der Waals surface area contributed by atoms with Crippen LogP contribution < -0.4 is 5.32 Å². The van der Waals surface area contributed by atoms with Gasteiger partial charge in [0.2, 0.25) is 0 Å². The Morgan fingerprint density at radius 1 is 1.55 bits per heavy atom. The van der Waals surface area contributed by atoms with Gasteiger partial charge in [0.15, 0.2) is 0 Å². The average molecular weight is 157 g/mol. The zero-order valence-electron chi connectivity index (χ0n) is 7.60. The van der Waals surface area contributed by atoms with Crippen LogP contribution in [0.5, 0.6) is 0 Å². The molecule has 2 atom stereocenters. The summed E-state index contributed by atoms with van der Waals surface area (Å²) >= 11 is 0. The van der Waals surface area contributed by atoms with Gasteiger partial charge < -0.3 is 10.1 Å². The minimum Gasteiger partial charge on any atom is -0.380 e. The van der Waals surface area contributed by atoms with E-state index in [1.165, 1.54) is 25.7 Å². The molecule has 0 aromatic rings. The van der Waals surface area contributed by atoms with Crippen LogP contribution in [-0.2, 0) is 4.74 Å². The molecule has 1 N–H and O–H groups in total. The lowest BCUT2D eigenvalue weighted by atomic mass is 10.1. The van der Waals surface area contributed by atoms with Gasteiger partial charge in [0.25, 0.3) is 0 Å². The molecule has 2 nitrogen and oxygen atoms in total. The summed E-state index contributed by atoms with van der Waals surface area (Å²) in [6.07, 6.45) is 5.63. The fraction of sp³-hybridized carbons (Fsp3) is 1.00. The van der Waals surface area contributed by atoms with E-state index in [9.17, 15) is 0 Å². The highest BCUT2D eigenvalue weighted by Crippen LogP contribution is 2.14. The van der Waals surface area contributed by atoms with Gasteiger partial charge in [-0.05, 0) is 12.8 Å². The number of methoxy groups -OCH3 is 1. The Morgan fingerprint density at radius 3 is 2.91 bits per heavy atom. The van der Waals surface area contributed by atoms with Crippen LogP contribution in [0.2, 0.25) is 0 Å². The highest BCUT2D eigenvalue weighted by molar-refractivity contribution is 4.81. The Hall–Kier alpha value is -0.0800. The number of rotatable bonds is 4. The summed E-state index contributed by atoms with van der Waals surface area (Å²) in [5.74, 6) is 0. The zero-order chi connectivity index (χ0) is 8.10. The first-order valence-electron chi connectivity index (χ1n) is 4.63. The highest BCUT2D eigenvalue weighted by Gasteiger charge is 2.22. The second-order valence-corrected chi connectivity index (χ2v) is 3.34.